The molecule has 4 aliphatic rings. The minimum atomic E-state index is -0.612. The molecule has 4 aromatic rings. The lowest BCUT2D eigenvalue weighted by atomic mass is 9.95. The van der Waals surface area contributed by atoms with E-state index in [1.165, 1.54) is 17.4 Å². The number of nitrogens with two attached hydrogens (primary N) is 1. The number of hydrogen-bond donors (Lipinski definition) is 4. The molecule has 0 spiro atoms. The number of rotatable bonds is 9. The number of piperidine rings is 1. The Morgan fingerprint density at radius 3 is 2.28 bits per heavy atom. The fourth-order valence-electron chi connectivity index (χ4n) is 8.26. The topological polar surface area (TPSA) is 144 Å². The molecule has 0 bridgehead atoms. The summed E-state index contributed by atoms with van der Waals surface area (Å²) in [7, 11) is 1.77. The minimum absolute atomic E-state index is 0.224. The van der Waals surface area contributed by atoms with Crippen molar-refractivity contribution in [2.45, 2.75) is 38.8 Å². The number of urea groups is 1. The van der Waals surface area contributed by atoms with Crippen molar-refractivity contribution in [1.82, 2.24) is 25.3 Å². The van der Waals surface area contributed by atoms with Gasteiger partial charge in [0.25, 0.3) is 5.91 Å². The number of fused-ring (bicyclic) bond motifs is 2. The molecule has 0 saturated carbocycles. The van der Waals surface area contributed by atoms with Crippen LogP contribution in [0.4, 0.5) is 37.8 Å². The van der Waals surface area contributed by atoms with Crippen molar-refractivity contribution in [3.05, 3.63) is 83.2 Å². The second-order valence-corrected chi connectivity index (χ2v) is 14.7. The van der Waals surface area contributed by atoms with E-state index in [1.54, 1.807) is 28.8 Å². The second-order valence-electron chi connectivity index (χ2n) is 14.7. The molecular formula is C40H47FN10O3. The Balaban J connectivity index is 0.846. The molecule has 4 amide bonds. The smallest absolute Gasteiger partial charge is 0.328 e. The summed E-state index contributed by atoms with van der Waals surface area (Å²) in [5, 5.41) is 13.5. The lowest BCUT2D eigenvalue weighted by Gasteiger charge is -2.40. The van der Waals surface area contributed by atoms with Crippen LogP contribution in [0.5, 0.6) is 0 Å². The molecule has 4 aliphatic heterocycles. The largest absolute Gasteiger partial charge is 0.372 e. The van der Waals surface area contributed by atoms with Gasteiger partial charge >= 0.3 is 6.03 Å². The highest BCUT2D eigenvalue weighted by molar-refractivity contribution is 6.06. The highest BCUT2D eigenvalue weighted by atomic mass is 19.1. The molecule has 282 valence electrons. The van der Waals surface area contributed by atoms with E-state index in [9.17, 15) is 18.8 Å². The first kappa shape index (κ1) is 35.6. The Hall–Kier alpha value is -5.47. The fourth-order valence-corrected chi connectivity index (χ4v) is 8.26. The highest BCUT2D eigenvalue weighted by Gasteiger charge is 2.29. The average molecular weight is 735 g/mol. The van der Waals surface area contributed by atoms with Gasteiger partial charge in [0.05, 0.1) is 0 Å². The predicted molar refractivity (Wildman–Crippen MR) is 208 cm³/mol. The number of nitrogens with zero attached hydrogens (tertiary/aromatic N) is 6. The number of aromatic nitrogens is 2. The van der Waals surface area contributed by atoms with Crippen LogP contribution in [0, 0.1) is 11.7 Å². The summed E-state index contributed by atoms with van der Waals surface area (Å²) in [6.45, 7) is 8.45. The molecule has 0 atom stereocenters. The molecule has 8 rings (SSSR count). The molecule has 0 unspecified atom stereocenters. The van der Waals surface area contributed by atoms with Crippen LogP contribution >= 0.6 is 0 Å². The van der Waals surface area contributed by atoms with Crippen LogP contribution in [0.3, 0.4) is 0 Å². The summed E-state index contributed by atoms with van der Waals surface area (Å²) in [5.74, 6) is -0.00347. The lowest BCUT2D eigenvalue weighted by Crippen LogP contribution is -2.49. The van der Waals surface area contributed by atoms with Crippen molar-refractivity contribution in [2.24, 2.45) is 11.7 Å². The third-order valence-electron chi connectivity index (χ3n) is 11.3. The third-order valence-corrected chi connectivity index (χ3v) is 11.3. The molecule has 3 aromatic carbocycles. The van der Waals surface area contributed by atoms with Gasteiger partial charge in [-0.25, -0.2) is 13.9 Å². The van der Waals surface area contributed by atoms with Crippen molar-refractivity contribution >= 4 is 46.4 Å². The summed E-state index contributed by atoms with van der Waals surface area (Å²) in [4.78, 5) is 45.6. The van der Waals surface area contributed by atoms with Gasteiger partial charge in [-0.05, 0) is 86.3 Å². The molecule has 54 heavy (non-hydrogen) atoms. The number of primary amides is 1. The SMILES string of the molecule is CNCc1ccc(-c2nn3c(c2C(N)=O)Nc2ccc(N4CCN(CC5CCN(c6ccc(N7CCC(=O)NC7=O)cc6)CC5)CC4)cc2CC3)cc1F. The number of aryl methyl sites for hydroxylation is 2. The maximum atomic E-state index is 14.8. The van der Waals surface area contributed by atoms with Crippen molar-refractivity contribution in [1.29, 1.82) is 0 Å². The summed E-state index contributed by atoms with van der Waals surface area (Å²) in [5.41, 5.74) is 12.8. The zero-order valence-corrected chi connectivity index (χ0v) is 30.6. The van der Waals surface area contributed by atoms with Gasteiger partial charge in [-0.1, -0.05) is 12.1 Å². The fraction of sp³-hybridized carbons (Fsp3) is 0.400. The van der Waals surface area contributed by atoms with E-state index in [4.69, 9.17) is 10.8 Å². The van der Waals surface area contributed by atoms with E-state index in [0.29, 0.717) is 54.6 Å². The monoisotopic (exact) mass is 734 g/mol. The summed E-state index contributed by atoms with van der Waals surface area (Å²) < 4.78 is 16.6. The number of benzene rings is 3. The molecule has 5 N–H and O–H groups in total. The van der Waals surface area contributed by atoms with Gasteiger partial charge < -0.3 is 26.2 Å². The number of imide groups is 1. The molecule has 0 radical (unpaired) electrons. The van der Waals surface area contributed by atoms with Gasteiger partial charge in [-0.2, -0.15) is 5.10 Å². The van der Waals surface area contributed by atoms with E-state index in [1.807, 2.05) is 12.1 Å². The molecule has 3 saturated heterocycles. The Bertz CT molecular complexity index is 2050. The maximum absolute atomic E-state index is 14.8. The van der Waals surface area contributed by atoms with Crippen LogP contribution in [0.1, 0.15) is 40.7 Å². The first-order chi connectivity index (χ1) is 26.2. The Labute approximate surface area is 314 Å². The van der Waals surface area contributed by atoms with Crippen molar-refractivity contribution < 1.29 is 18.8 Å². The van der Waals surface area contributed by atoms with Gasteiger partial charge in [-0.15, -0.1) is 0 Å². The number of carbonyl (C=O) groups excluding carboxylic acids is 3. The maximum Gasteiger partial charge on any atom is 0.328 e. The van der Waals surface area contributed by atoms with E-state index in [2.05, 4.69) is 61.0 Å². The van der Waals surface area contributed by atoms with Gasteiger partial charge in [0.2, 0.25) is 5.91 Å². The lowest BCUT2D eigenvalue weighted by molar-refractivity contribution is -0.120. The van der Waals surface area contributed by atoms with E-state index >= 15 is 0 Å². The number of nitrogens with one attached hydrogen (secondary N) is 3. The van der Waals surface area contributed by atoms with Crippen LogP contribution in [-0.2, 0) is 24.3 Å². The zero-order valence-electron chi connectivity index (χ0n) is 30.6. The molecule has 1 aromatic heterocycles. The van der Waals surface area contributed by atoms with E-state index in [0.717, 1.165) is 82.0 Å². The summed E-state index contributed by atoms with van der Waals surface area (Å²) in [6.07, 6.45) is 3.33. The number of carbonyl (C=O) groups is 3. The van der Waals surface area contributed by atoms with E-state index in [-0.39, 0.29) is 23.3 Å². The first-order valence-corrected chi connectivity index (χ1v) is 18.9. The van der Waals surface area contributed by atoms with Gasteiger partial charge in [-0.3, -0.25) is 24.7 Å². The van der Waals surface area contributed by atoms with Crippen LogP contribution in [0.15, 0.2) is 60.7 Å². The predicted octanol–water partition coefficient (Wildman–Crippen LogP) is 4.29. The van der Waals surface area contributed by atoms with Gasteiger partial charge in [0.15, 0.2) is 0 Å². The number of anilines is 5. The second kappa shape index (κ2) is 15.1. The van der Waals surface area contributed by atoms with Crippen molar-refractivity contribution in [3.63, 3.8) is 0 Å². The standard InChI is InChI=1S/C40H47FN10O3/c1-43-24-29-3-2-28(23-33(29)41)37-36(38(42)53)39-44-34-9-8-32(22-27(34)12-17-51(39)46-37)49-20-18-47(19-21-49)25-26-10-14-48(15-11-26)30-4-6-31(7-5-30)50-16-13-35(52)45-40(50)54/h2-9,22-23,26,43-44H,10-21,24-25H2,1H3,(H2,42,53)(H,45,52,54). The van der Waals surface area contributed by atoms with Gasteiger partial charge in [0.1, 0.15) is 22.9 Å². The van der Waals surface area contributed by atoms with Gasteiger partial charge in [0, 0.05) is 106 Å². The Morgan fingerprint density at radius 2 is 1.57 bits per heavy atom. The van der Waals surface area contributed by atoms with Crippen LogP contribution in [0.2, 0.25) is 0 Å². The third kappa shape index (κ3) is 7.23. The zero-order chi connectivity index (χ0) is 37.3. The first-order valence-electron chi connectivity index (χ1n) is 18.9. The molecular weight excluding hydrogens is 688 g/mol. The molecule has 0 aliphatic carbocycles. The number of hydrogen-bond acceptors (Lipinski definition) is 9. The molecule has 5 heterocycles. The summed E-state index contributed by atoms with van der Waals surface area (Å²) >= 11 is 0. The van der Waals surface area contributed by atoms with Crippen molar-refractivity contribution in [2.75, 3.05) is 79.4 Å². The van der Waals surface area contributed by atoms with Crippen LogP contribution in [0.25, 0.3) is 11.3 Å². The van der Waals surface area contributed by atoms with Crippen molar-refractivity contribution in [3.8, 4) is 11.3 Å². The highest BCUT2D eigenvalue weighted by Crippen LogP contribution is 2.36. The Kier molecular flexibility index (Phi) is 9.95. The number of halogens is 1. The number of amides is 4. The summed E-state index contributed by atoms with van der Waals surface area (Å²) in [6, 6.07) is 19.1. The normalized spacial score (nSPS) is 18.1. The average Bonchev–Trinajstić information content (AvgIpc) is 3.44. The van der Waals surface area contributed by atoms with Crippen LogP contribution in [-0.4, -0.2) is 91.9 Å². The minimum Gasteiger partial charge on any atom is -0.372 e. The van der Waals surface area contributed by atoms with Crippen LogP contribution < -0.4 is 36.4 Å². The molecule has 3 fully saturated rings. The quantitative estimate of drug-likeness (QED) is 0.198. The number of piperazine rings is 1. The molecule has 14 heteroatoms. The Morgan fingerprint density at radius 1 is 0.852 bits per heavy atom. The van der Waals surface area contributed by atoms with E-state index < -0.39 is 5.91 Å². The molecule has 13 nitrogen and oxygen atoms in total.